The minimum absolute atomic E-state index is 0.243. The average molecular weight is 457 g/mol. The van der Waals surface area contributed by atoms with Crippen LogP contribution in [0.1, 0.15) is 63.9 Å². The van der Waals surface area contributed by atoms with E-state index in [4.69, 9.17) is 10.5 Å². The number of rotatable bonds is 6. The second-order valence-electron chi connectivity index (χ2n) is 10.0. The first-order valence-corrected chi connectivity index (χ1v) is 13.0. The molecule has 1 aromatic heterocycles. The maximum Gasteiger partial charge on any atom is 0.131 e. The van der Waals surface area contributed by atoms with Crippen LogP contribution in [0.4, 0.5) is 5.82 Å². The molecule has 2 saturated carbocycles. The Kier molecular flexibility index (Phi) is 6.75. The molecule has 0 radical (unpaired) electrons. The normalized spacial score (nSPS) is 21.0. The topological polar surface area (TPSA) is 68.4 Å². The molecule has 0 amide bonds. The van der Waals surface area contributed by atoms with E-state index < -0.39 is 0 Å². The van der Waals surface area contributed by atoms with Gasteiger partial charge in [0.25, 0.3) is 0 Å². The van der Waals surface area contributed by atoms with Crippen LogP contribution in [0.3, 0.4) is 0 Å². The fourth-order valence-corrected chi connectivity index (χ4v) is 6.14. The predicted molar refractivity (Wildman–Crippen MR) is 139 cm³/mol. The largest absolute Gasteiger partial charge is 0.508 e. The van der Waals surface area contributed by atoms with E-state index in [2.05, 4.69) is 36.2 Å². The fraction of sp³-hybridized carbons (Fsp3) is 0.433. The summed E-state index contributed by atoms with van der Waals surface area (Å²) >= 11 is 0. The first kappa shape index (κ1) is 22.8. The molecule has 4 nitrogen and oxygen atoms in total. The van der Waals surface area contributed by atoms with Gasteiger partial charge in [-0.2, -0.15) is 0 Å². The number of phenolic OH excluding ortho intramolecular Hbond substituents is 1. The van der Waals surface area contributed by atoms with Gasteiger partial charge in [0, 0.05) is 17.3 Å². The van der Waals surface area contributed by atoms with Crippen molar-refractivity contribution in [3.63, 3.8) is 0 Å². The molecule has 34 heavy (non-hydrogen) atoms. The van der Waals surface area contributed by atoms with Crippen molar-refractivity contribution in [1.82, 2.24) is 4.98 Å². The molecule has 3 N–H and O–H groups in total. The van der Waals surface area contributed by atoms with Crippen LogP contribution < -0.4 is 10.5 Å². The molecule has 178 valence electrons. The Balaban J connectivity index is 1.31. The molecule has 0 spiro atoms. The first-order chi connectivity index (χ1) is 16.6. The molecule has 2 aliphatic carbocycles. The minimum atomic E-state index is 0.243. The second-order valence-corrected chi connectivity index (χ2v) is 10.0. The smallest absolute Gasteiger partial charge is 0.131 e. The summed E-state index contributed by atoms with van der Waals surface area (Å²) in [4.78, 5) is 4.50. The molecule has 0 aliphatic heterocycles. The highest BCUT2D eigenvalue weighted by Crippen LogP contribution is 2.40. The lowest BCUT2D eigenvalue weighted by atomic mass is 9.78. The van der Waals surface area contributed by atoms with E-state index in [1.807, 2.05) is 18.3 Å². The Morgan fingerprint density at radius 2 is 1.47 bits per heavy atom. The van der Waals surface area contributed by atoms with Crippen molar-refractivity contribution in [2.45, 2.75) is 70.8 Å². The molecule has 0 atom stereocenters. The minimum Gasteiger partial charge on any atom is -0.508 e. The highest BCUT2D eigenvalue weighted by atomic mass is 16.5. The quantitative estimate of drug-likeness (QED) is 0.406. The highest BCUT2D eigenvalue weighted by molar-refractivity contribution is 5.84. The van der Waals surface area contributed by atoms with E-state index in [1.165, 1.54) is 51.4 Å². The van der Waals surface area contributed by atoms with E-state index in [1.54, 1.807) is 12.1 Å². The number of nitrogens with two attached hydrogens (primary N) is 1. The number of anilines is 1. The van der Waals surface area contributed by atoms with Crippen LogP contribution in [0.15, 0.2) is 54.7 Å². The Hall–Kier alpha value is -3.01. The van der Waals surface area contributed by atoms with E-state index in [0.717, 1.165) is 51.8 Å². The van der Waals surface area contributed by atoms with Gasteiger partial charge in [0.1, 0.15) is 17.3 Å². The average Bonchev–Trinajstić information content (AvgIpc) is 3.41. The van der Waals surface area contributed by atoms with Gasteiger partial charge in [-0.1, -0.05) is 56.9 Å². The third-order valence-corrected chi connectivity index (χ3v) is 7.98. The second kappa shape index (κ2) is 10.1. The van der Waals surface area contributed by atoms with Crippen LogP contribution in [0.2, 0.25) is 0 Å². The van der Waals surface area contributed by atoms with Gasteiger partial charge in [-0.15, -0.1) is 0 Å². The molecule has 1 heterocycles. The predicted octanol–water partition coefficient (Wildman–Crippen LogP) is 7.39. The van der Waals surface area contributed by atoms with Gasteiger partial charge in [0.05, 0.1) is 6.10 Å². The molecule has 2 fully saturated rings. The van der Waals surface area contributed by atoms with Crippen LogP contribution >= 0.6 is 0 Å². The number of hydrogen-bond donors (Lipinski definition) is 2. The zero-order chi connectivity index (χ0) is 23.5. The van der Waals surface area contributed by atoms with Gasteiger partial charge in [0.2, 0.25) is 0 Å². The number of hydrogen-bond acceptors (Lipinski definition) is 4. The summed E-state index contributed by atoms with van der Waals surface area (Å²) in [7, 11) is 0. The zero-order valence-electron chi connectivity index (χ0n) is 20.2. The lowest BCUT2D eigenvalue weighted by molar-refractivity contribution is 0.111. The lowest BCUT2D eigenvalue weighted by Crippen LogP contribution is -2.27. The number of nitrogen functional groups attached to an aromatic ring is 1. The van der Waals surface area contributed by atoms with Crippen LogP contribution in [0.5, 0.6) is 11.5 Å². The summed E-state index contributed by atoms with van der Waals surface area (Å²) in [5.41, 5.74) is 11.6. The third kappa shape index (κ3) is 4.77. The van der Waals surface area contributed by atoms with Crippen LogP contribution in [-0.2, 0) is 6.42 Å². The Labute approximate surface area is 203 Å². The SMILES string of the molecule is CCc1c(-c2ccc(OC3CCC(C4CCCC4)CC3)cc2)cnc(N)c1-c1ccc(O)cc1. The zero-order valence-corrected chi connectivity index (χ0v) is 20.2. The summed E-state index contributed by atoms with van der Waals surface area (Å²) < 4.78 is 6.38. The van der Waals surface area contributed by atoms with E-state index in [0.29, 0.717) is 11.9 Å². The maximum absolute atomic E-state index is 9.68. The summed E-state index contributed by atoms with van der Waals surface area (Å²) in [6, 6.07) is 15.6. The van der Waals surface area contributed by atoms with Gasteiger partial charge >= 0.3 is 0 Å². The van der Waals surface area contributed by atoms with Crippen molar-refractivity contribution in [3.8, 4) is 33.8 Å². The Bertz CT molecular complexity index is 1090. The molecular weight excluding hydrogens is 420 g/mol. The number of aromatic hydroxyl groups is 1. The standard InChI is InChI=1S/C30H36N2O2/c1-2-27-28(19-32-30(31)29(27)23-7-13-24(33)14-8-23)22-11-17-26(18-12-22)34-25-15-9-21(10-16-25)20-5-3-4-6-20/h7-8,11-14,17-21,25,33H,2-6,9-10,15-16H2,1H3,(H2,31,32). The molecule has 3 aromatic rings. The van der Waals surface area contributed by atoms with Crippen molar-refractivity contribution >= 4 is 5.82 Å². The Morgan fingerprint density at radius 3 is 2.12 bits per heavy atom. The van der Waals surface area contributed by atoms with Gasteiger partial charge in [-0.3, -0.25) is 0 Å². The summed E-state index contributed by atoms with van der Waals surface area (Å²) in [5.74, 6) is 3.62. The van der Waals surface area contributed by atoms with Crippen LogP contribution in [0.25, 0.3) is 22.3 Å². The molecule has 0 unspecified atom stereocenters. The highest BCUT2D eigenvalue weighted by Gasteiger charge is 2.30. The maximum atomic E-state index is 9.68. The molecule has 4 heteroatoms. The number of ether oxygens (including phenoxy) is 1. The van der Waals surface area contributed by atoms with E-state index >= 15 is 0 Å². The van der Waals surface area contributed by atoms with Crippen molar-refractivity contribution in [3.05, 3.63) is 60.3 Å². The van der Waals surface area contributed by atoms with Crippen molar-refractivity contribution < 1.29 is 9.84 Å². The number of benzene rings is 2. The number of aromatic nitrogens is 1. The summed E-state index contributed by atoms with van der Waals surface area (Å²) in [6.07, 6.45) is 13.8. The van der Waals surface area contributed by atoms with Crippen LogP contribution in [0, 0.1) is 11.8 Å². The van der Waals surface area contributed by atoms with Gasteiger partial charge in [-0.05, 0) is 84.9 Å². The lowest BCUT2D eigenvalue weighted by Gasteiger charge is -2.32. The third-order valence-electron chi connectivity index (χ3n) is 7.98. The van der Waals surface area contributed by atoms with Gasteiger partial charge in [-0.25, -0.2) is 4.98 Å². The summed E-state index contributed by atoms with van der Waals surface area (Å²) in [5, 5.41) is 9.68. The van der Waals surface area contributed by atoms with Crippen molar-refractivity contribution in [2.24, 2.45) is 11.8 Å². The molecule has 0 saturated heterocycles. The fourth-order valence-electron chi connectivity index (χ4n) is 6.14. The number of phenols is 1. The molecule has 5 rings (SSSR count). The Morgan fingerprint density at radius 1 is 0.853 bits per heavy atom. The van der Waals surface area contributed by atoms with E-state index in [9.17, 15) is 5.11 Å². The van der Waals surface area contributed by atoms with Gasteiger partial charge < -0.3 is 15.6 Å². The number of pyridine rings is 1. The van der Waals surface area contributed by atoms with Crippen LogP contribution in [-0.4, -0.2) is 16.2 Å². The number of nitrogens with zero attached hydrogens (tertiary/aromatic N) is 1. The van der Waals surface area contributed by atoms with Gasteiger partial charge in [0.15, 0.2) is 0 Å². The van der Waals surface area contributed by atoms with Crippen molar-refractivity contribution in [1.29, 1.82) is 0 Å². The van der Waals surface area contributed by atoms with E-state index in [-0.39, 0.29) is 5.75 Å². The summed E-state index contributed by atoms with van der Waals surface area (Å²) in [6.45, 7) is 2.14. The van der Waals surface area contributed by atoms with Crippen molar-refractivity contribution in [2.75, 3.05) is 5.73 Å². The molecule has 0 bridgehead atoms. The molecule has 2 aliphatic rings. The monoisotopic (exact) mass is 456 g/mol. The first-order valence-electron chi connectivity index (χ1n) is 13.0. The molecular formula is C30H36N2O2. The molecule has 2 aromatic carbocycles.